The summed E-state index contributed by atoms with van der Waals surface area (Å²) in [7, 11) is 0. The van der Waals surface area contributed by atoms with E-state index in [4.69, 9.17) is 14.2 Å². The first-order chi connectivity index (χ1) is 9.34. The number of nitrogens with one attached hydrogen (secondary N) is 1. The zero-order valence-electron chi connectivity index (χ0n) is 10.7. The fourth-order valence-electron chi connectivity index (χ4n) is 2.35. The first kappa shape index (κ1) is 12.3. The number of hydrogen-bond donors (Lipinski definition) is 1. The zero-order chi connectivity index (χ0) is 13.1. The Balaban J connectivity index is 1.68. The second-order valence-corrected chi connectivity index (χ2v) is 4.69. The smallest absolute Gasteiger partial charge is 0.342 e. The van der Waals surface area contributed by atoms with E-state index in [1.165, 1.54) is 0 Å². The largest absolute Gasteiger partial charge is 0.489 e. The molecular weight excluding hydrogens is 246 g/mol. The lowest BCUT2D eigenvalue weighted by molar-refractivity contribution is 0.0158. The van der Waals surface area contributed by atoms with Gasteiger partial charge in [-0.3, -0.25) is 0 Å². The molecule has 1 saturated heterocycles. The molecule has 5 heteroatoms. The molecule has 0 aromatic heterocycles. The van der Waals surface area contributed by atoms with E-state index in [9.17, 15) is 4.79 Å². The van der Waals surface area contributed by atoms with E-state index in [2.05, 4.69) is 5.32 Å². The van der Waals surface area contributed by atoms with Crippen molar-refractivity contribution in [3.05, 3.63) is 23.8 Å². The van der Waals surface area contributed by atoms with E-state index in [1.807, 2.05) is 12.1 Å². The van der Waals surface area contributed by atoms with Crippen molar-refractivity contribution in [1.82, 2.24) is 0 Å². The van der Waals surface area contributed by atoms with E-state index >= 15 is 0 Å². The fraction of sp³-hybridized carbons (Fsp3) is 0.500. The molecule has 0 saturated carbocycles. The van der Waals surface area contributed by atoms with Crippen LogP contribution in [-0.2, 0) is 9.47 Å². The third-order valence-corrected chi connectivity index (χ3v) is 3.32. The predicted molar refractivity (Wildman–Crippen MR) is 69.7 cm³/mol. The van der Waals surface area contributed by atoms with Crippen molar-refractivity contribution in [2.45, 2.75) is 18.9 Å². The van der Waals surface area contributed by atoms with Gasteiger partial charge in [0, 0.05) is 13.2 Å². The quantitative estimate of drug-likeness (QED) is 0.843. The standard InChI is InChI=1S/C14H17NO4/c16-14(19-9-10-3-2-7-17-10)11-4-1-5-12-13(11)18-8-6-15-12/h1,4-5,10,15H,2-3,6-9H2. The van der Waals surface area contributed by atoms with Crippen LogP contribution in [-0.4, -0.2) is 38.4 Å². The van der Waals surface area contributed by atoms with Crippen molar-refractivity contribution in [3.63, 3.8) is 0 Å². The molecule has 102 valence electrons. The van der Waals surface area contributed by atoms with Crippen molar-refractivity contribution in [2.75, 3.05) is 31.7 Å². The van der Waals surface area contributed by atoms with Crippen LogP contribution in [0, 0.1) is 0 Å². The molecule has 1 aromatic carbocycles. The van der Waals surface area contributed by atoms with Gasteiger partial charge in [-0.2, -0.15) is 0 Å². The average Bonchev–Trinajstić information content (AvgIpc) is 2.97. The Morgan fingerprint density at radius 2 is 2.37 bits per heavy atom. The van der Waals surface area contributed by atoms with Crippen molar-refractivity contribution in [1.29, 1.82) is 0 Å². The number of esters is 1. The summed E-state index contributed by atoms with van der Waals surface area (Å²) >= 11 is 0. The molecule has 0 aliphatic carbocycles. The summed E-state index contributed by atoms with van der Waals surface area (Å²) in [6.07, 6.45) is 2.04. The van der Waals surface area contributed by atoms with Gasteiger partial charge in [-0.05, 0) is 25.0 Å². The lowest BCUT2D eigenvalue weighted by atomic mass is 10.1. The molecule has 1 fully saturated rings. The van der Waals surface area contributed by atoms with Crippen molar-refractivity contribution < 1.29 is 19.0 Å². The molecule has 0 amide bonds. The van der Waals surface area contributed by atoms with E-state index in [1.54, 1.807) is 6.07 Å². The van der Waals surface area contributed by atoms with E-state index in [0.29, 0.717) is 24.5 Å². The molecule has 2 aliphatic rings. The maximum atomic E-state index is 12.1. The highest BCUT2D eigenvalue weighted by molar-refractivity contribution is 5.95. The summed E-state index contributed by atoms with van der Waals surface area (Å²) < 4.78 is 16.3. The number of para-hydroxylation sites is 1. The van der Waals surface area contributed by atoms with E-state index in [-0.39, 0.29) is 12.1 Å². The van der Waals surface area contributed by atoms with Crippen LogP contribution in [0.4, 0.5) is 5.69 Å². The van der Waals surface area contributed by atoms with Crippen molar-refractivity contribution in [2.24, 2.45) is 0 Å². The Bertz CT molecular complexity index is 469. The summed E-state index contributed by atoms with van der Waals surface area (Å²) in [6, 6.07) is 5.44. The van der Waals surface area contributed by atoms with Gasteiger partial charge in [0.1, 0.15) is 18.8 Å². The first-order valence-corrected chi connectivity index (χ1v) is 6.63. The highest BCUT2D eigenvalue weighted by Crippen LogP contribution is 2.31. The summed E-state index contributed by atoms with van der Waals surface area (Å²) in [4.78, 5) is 12.1. The summed E-state index contributed by atoms with van der Waals surface area (Å²) in [5.74, 6) is 0.238. The summed E-state index contributed by atoms with van der Waals surface area (Å²) in [5, 5.41) is 3.20. The van der Waals surface area contributed by atoms with Crippen LogP contribution in [0.5, 0.6) is 5.75 Å². The molecule has 1 unspecified atom stereocenters. The van der Waals surface area contributed by atoms with E-state index < -0.39 is 0 Å². The maximum Gasteiger partial charge on any atom is 0.342 e. The Kier molecular flexibility index (Phi) is 3.55. The van der Waals surface area contributed by atoms with Crippen LogP contribution in [0.1, 0.15) is 23.2 Å². The molecule has 1 atom stereocenters. The van der Waals surface area contributed by atoms with Crippen molar-refractivity contribution >= 4 is 11.7 Å². The molecule has 0 radical (unpaired) electrons. The number of ether oxygens (including phenoxy) is 3. The molecule has 2 aliphatic heterocycles. The molecule has 1 N–H and O–H groups in total. The van der Waals surface area contributed by atoms with Crippen LogP contribution in [0.2, 0.25) is 0 Å². The second kappa shape index (κ2) is 5.48. The Hall–Kier alpha value is -1.75. The minimum atomic E-state index is -0.351. The number of carbonyl (C=O) groups is 1. The molecular formula is C14H17NO4. The number of anilines is 1. The number of benzene rings is 1. The summed E-state index contributed by atoms with van der Waals surface area (Å²) in [6.45, 7) is 2.39. The number of carbonyl (C=O) groups excluding carboxylic acids is 1. The van der Waals surface area contributed by atoms with Crippen LogP contribution < -0.4 is 10.1 Å². The number of rotatable bonds is 3. The third-order valence-electron chi connectivity index (χ3n) is 3.32. The molecule has 19 heavy (non-hydrogen) atoms. The third kappa shape index (κ3) is 2.66. The van der Waals surface area contributed by atoms with Gasteiger partial charge in [0.05, 0.1) is 11.8 Å². The summed E-state index contributed by atoms with van der Waals surface area (Å²) in [5.41, 5.74) is 1.32. The van der Waals surface area contributed by atoms with Crippen LogP contribution in [0.3, 0.4) is 0 Å². The molecule has 5 nitrogen and oxygen atoms in total. The molecule has 3 rings (SSSR count). The van der Waals surface area contributed by atoms with Crippen LogP contribution >= 0.6 is 0 Å². The topological polar surface area (TPSA) is 56.8 Å². The maximum absolute atomic E-state index is 12.1. The van der Waals surface area contributed by atoms with Crippen LogP contribution in [0.15, 0.2) is 18.2 Å². The van der Waals surface area contributed by atoms with Gasteiger partial charge in [0.15, 0.2) is 5.75 Å². The average molecular weight is 263 g/mol. The Morgan fingerprint density at radius 1 is 1.42 bits per heavy atom. The van der Waals surface area contributed by atoms with Crippen molar-refractivity contribution in [3.8, 4) is 5.75 Å². The van der Waals surface area contributed by atoms with Gasteiger partial charge >= 0.3 is 5.97 Å². The zero-order valence-corrected chi connectivity index (χ0v) is 10.7. The number of fused-ring (bicyclic) bond motifs is 1. The van der Waals surface area contributed by atoms with E-state index in [0.717, 1.165) is 31.7 Å². The second-order valence-electron chi connectivity index (χ2n) is 4.69. The minimum absolute atomic E-state index is 0.0440. The van der Waals surface area contributed by atoms with Crippen LogP contribution in [0.25, 0.3) is 0 Å². The van der Waals surface area contributed by atoms with Gasteiger partial charge < -0.3 is 19.5 Å². The monoisotopic (exact) mass is 263 g/mol. The fourth-order valence-corrected chi connectivity index (χ4v) is 2.35. The Labute approximate surface area is 111 Å². The normalized spacial score (nSPS) is 21.2. The van der Waals surface area contributed by atoms with Gasteiger partial charge in [0.2, 0.25) is 0 Å². The van der Waals surface area contributed by atoms with Gasteiger partial charge in [-0.1, -0.05) is 6.07 Å². The SMILES string of the molecule is O=C(OCC1CCCO1)c1cccc2c1OCCN2. The highest BCUT2D eigenvalue weighted by atomic mass is 16.6. The molecule has 1 aromatic rings. The number of hydrogen-bond acceptors (Lipinski definition) is 5. The molecule has 2 heterocycles. The predicted octanol–water partition coefficient (Wildman–Crippen LogP) is 1.83. The lowest BCUT2D eigenvalue weighted by Crippen LogP contribution is -2.22. The lowest BCUT2D eigenvalue weighted by Gasteiger charge is -2.21. The first-order valence-electron chi connectivity index (χ1n) is 6.63. The van der Waals surface area contributed by atoms with Gasteiger partial charge in [-0.15, -0.1) is 0 Å². The molecule has 0 bridgehead atoms. The van der Waals surface area contributed by atoms with Gasteiger partial charge in [-0.25, -0.2) is 4.79 Å². The Morgan fingerprint density at radius 3 is 3.21 bits per heavy atom. The highest BCUT2D eigenvalue weighted by Gasteiger charge is 2.22. The van der Waals surface area contributed by atoms with Gasteiger partial charge in [0.25, 0.3) is 0 Å². The molecule has 0 spiro atoms. The minimum Gasteiger partial charge on any atom is -0.489 e.